The van der Waals surface area contributed by atoms with Gasteiger partial charge in [-0.25, -0.2) is 14.4 Å². The molecule has 1 atom stereocenters. The van der Waals surface area contributed by atoms with Crippen LogP contribution in [0.2, 0.25) is 0 Å². The molecule has 1 saturated heterocycles. The Balaban J connectivity index is 1.59. The van der Waals surface area contributed by atoms with E-state index in [1.807, 2.05) is 43.3 Å². The number of carbonyl (C=O) groups excluding carboxylic acids is 4. The fourth-order valence-electron chi connectivity index (χ4n) is 5.84. The molecule has 47 heavy (non-hydrogen) atoms. The van der Waals surface area contributed by atoms with E-state index in [1.165, 1.54) is 0 Å². The number of Topliss-reactive ketones (excluding diaryl/α,β-unsaturated/α-hetero) is 1. The van der Waals surface area contributed by atoms with Crippen molar-refractivity contribution in [2.75, 3.05) is 29.4 Å². The van der Waals surface area contributed by atoms with Crippen LogP contribution in [0.1, 0.15) is 55.1 Å². The van der Waals surface area contributed by atoms with Crippen molar-refractivity contribution in [1.29, 1.82) is 0 Å². The molecule has 11 heteroatoms. The minimum absolute atomic E-state index is 0.128. The zero-order valence-electron chi connectivity index (χ0n) is 27.2. The SMILES string of the molecule is Cc1cccc(N(CC(=O)N(c2ccccc2C(=O)C2CCN(C(=O)OCc3ccccc3)CC2)C(C(=O)O)C(C)(C)C)C(N)=O)c1. The lowest BCUT2D eigenvalue weighted by Gasteiger charge is -2.39. The molecular formula is C36H42N4O7. The smallest absolute Gasteiger partial charge is 0.410 e. The number of ketones is 1. The summed E-state index contributed by atoms with van der Waals surface area (Å²) in [5.74, 6) is -2.72. The molecule has 248 valence electrons. The van der Waals surface area contributed by atoms with Crippen molar-refractivity contribution in [2.45, 2.75) is 53.2 Å². The highest BCUT2D eigenvalue weighted by Crippen LogP contribution is 2.34. The molecule has 0 radical (unpaired) electrons. The average molecular weight is 643 g/mol. The Morgan fingerprint density at radius 3 is 2.17 bits per heavy atom. The van der Waals surface area contributed by atoms with Gasteiger partial charge in [-0.1, -0.05) is 75.4 Å². The van der Waals surface area contributed by atoms with Crippen LogP contribution in [0.15, 0.2) is 78.9 Å². The van der Waals surface area contributed by atoms with Gasteiger partial charge in [0.15, 0.2) is 5.78 Å². The van der Waals surface area contributed by atoms with Crippen LogP contribution >= 0.6 is 0 Å². The Bertz CT molecular complexity index is 1610. The second-order valence-electron chi connectivity index (χ2n) is 12.8. The van der Waals surface area contributed by atoms with Gasteiger partial charge in [0.05, 0.1) is 5.69 Å². The zero-order chi connectivity index (χ0) is 34.3. The zero-order valence-corrected chi connectivity index (χ0v) is 27.2. The lowest BCUT2D eigenvalue weighted by Crippen LogP contribution is -2.56. The van der Waals surface area contributed by atoms with Gasteiger partial charge in [0.1, 0.15) is 19.2 Å². The fourth-order valence-corrected chi connectivity index (χ4v) is 5.84. The summed E-state index contributed by atoms with van der Waals surface area (Å²) in [6.07, 6.45) is 0.275. The van der Waals surface area contributed by atoms with E-state index >= 15 is 0 Å². The number of aliphatic carboxylic acids is 1. The number of para-hydroxylation sites is 1. The van der Waals surface area contributed by atoms with Gasteiger partial charge in [0.25, 0.3) is 0 Å². The third kappa shape index (κ3) is 8.55. The number of urea groups is 1. The molecule has 4 rings (SSSR count). The summed E-state index contributed by atoms with van der Waals surface area (Å²) in [6.45, 7) is 7.10. The number of nitrogens with zero attached hydrogens (tertiary/aromatic N) is 3. The van der Waals surface area contributed by atoms with Crippen LogP contribution in [0.3, 0.4) is 0 Å². The number of anilines is 2. The number of aryl methyl sites for hydroxylation is 1. The van der Waals surface area contributed by atoms with Crippen LogP contribution in [0.4, 0.5) is 21.0 Å². The first-order valence-corrected chi connectivity index (χ1v) is 15.5. The molecule has 0 aromatic heterocycles. The van der Waals surface area contributed by atoms with Crippen molar-refractivity contribution in [3.05, 3.63) is 95.6 Å². The fraction of sp³-hybridized carbons (Fsp3) is 0.361. The molecule has 11 nitrogen and oxygen atoms in total. The Labute approximate surface area is 274 Å². The first kappa shape index (κ1) is 34.7. The maximum Gasteiger partial charge on any atom is 0.410 e. The molecule has 1 aliphatic rings. The average Bonchev–Trinajstić information content (AvgIpc) is 3.04. The standard InChI is InChI=1S/C36H42N4O7/c1-24-11-10-14-27(21-24)39(34(37)45)22-30(41)40(32(33(43)44)36(2,3)4)29-16-9-8-15-28(29)31(42)26-17-19-38(20-18-26)35(46)47-23-25-12-6-5-7-13-25/h5-16,21,26,32H,17-20,22-23H2,1-4H3,(H2,37,45)(H,43,44). The van der Waals surface area contributed by atoms with Crippen LogP contribution in [-0.2, 0) is 20.9 Å². The van der Waals surface area contributed by atoms with Gasteiger partial charge in [-0.3, -0.25) is 19.4 Å². The molecule has 0 spiro atoms. The van der Waals surface area contributed by atoms with Crippen molar-refractivity contribution in [3.63, 3.8) is 0 Å². The van der Waals surface area contributed by atoms with Gasteiger partial charge in [-0.15, -0.1) is 0 Å². The van der Waals surface area contributed by atoms with E-state index < -0.39 is 47.9 Å². The second-order valence-corrected chi connectivity index (χ2v) is 12.8. The summed E-state index contributed by atoms with van der Waals surface area (Å²) >= 11 is 0. The lowest BCUT2D eigenvalue weighted by atomic mass is 9.83. The highest BCUT2D eigenvalue weighted by molar-refractivity contribution is 6.11. The molecule has 0 aliphatic carbocycles. The van der Waals surface area contributed by atoms with E-state index in [2.05, 4.69) is 0 Å². The third-order valence-electron chi connectivity index (χ3n) is 8.21. The largest absolute Gasteiger partial charge is 0.480 e. The normalized spacial score (nSPS) is 14.2. The second kappa shape index (κ2) is 14.9. The van der Waals surface area contributed by atoms with Gasteiger partial charge in [-0.05, 0) is 60.6 Å². The Morgan fingerprint density at radius 2 is 1.57 bits per heavy atom. The number of benzene rings is 3. The molecular weight excluding hydrogens is 600 g/mol. The highest BCUT2D eigenvalue weighted by atomic mass is 16.6. The summed E-state index contributed by atoms with van der Waals surface area (Å²) in [7, 11) is 0. The van der Waals surface area contributed by atoms with Crippen molar-refractivity contribution >= 4 is 41.2 Å². The Hall–Kier alpha value is -5.19. The van der Waals surface area contributed by atoms with E-state index in [0.717, 1.165) is 20.9 Å². The molecule has 4 amide bonds. The molecule has 3 aromatic carbocycles. The maximum atomic E-state index is 14.2. The van der Waals surface area contributed by atoms with E-state index in [4.69, 9.17) is 10.5 Å². The molecule has 1 heterocycles. The van der Waals surface area contributed by atoms with Gasteiger partial charge in [-0.2, -0.15) is 0 Å². The van der Waals surface area contributed by atoms with Crippen molar-refractivity contribution < 1.29 is 33.8 Å². The number of carboxylic acids is 1. The van der Waals surface area contributed by atoms with Gasteiger partial charge in [0.2, 0.25) is 5.91 Å². The quantitative estimate of drug-likeness (QED) is 0.272. The number of ether oxygens (including phenoxy) is 1. The van der Waals surface area contributed by atoms with Crippen LogP contribution in [0, 0.1) is 18.3 Å². The predicted octanol–water partition coefficient (Wildman–Crippen LogP) is 5.64. The monoisotopic (exact) mass is 642 g/mol. The molecule has 1 aliphatic heterocycles. The summed E-state index contributed by atoms with van der Waals surface area (Å²) in [5, 5.41) is 10.4. The number of nitrogens with two attached hydrogens (primary N) is 1. The number of hydrogen-bond donors (Lipinski definition) is 2. The molecule has 1 fully saturated rings. The number of carbonyl (C=O) groups is 5. The van der Waals surface area contributed by atoms with E-state index in [1.54, 1.807) is 68.1 Å². The number of rotatable bonds is 10. The van der Waals surface area contributed by atoms with Crippen LogP contribution < -0.4 is 15.5 Å². The van der Waals surface area contributed by atoms with Gasteiger partial charge in [0, 0.05) is 30.3 Å². The van der Waals surface area contributed by atoms with Crippen LogP contribution in [-0.4, -0.2) is 65.5 Å². The molecule has 3 N–H and O–H groups in total. The van der Waals surface area contributed by atoms with Gasteiger partial charge < -0.3 is 20.5 Å². The molecule has 0 bridgehead atoms. The molecule has 1 unspecified atom stereocenters. The topological polar surface area (TPSA) is 151 Å². The number of primary amides is 1. The van der Waals surface area contributed by atoms with Crippen molar-refractivity contribution in [2.24, 2.45) is 17.1 Å². The molecule has 0 saturated carbocycles. The summed E-state index contributed by atoms with van der Waals surface area (Å²) in [4.78, 5) is 70.1. The number of amides is 4. The minimum Gasteiger partial charge on any atom is -0.480 e. The highest BCUT2D eigenvalue weighted by Gasteiger charge is 2.42. The maximum absolute atomic E-state index is 14.2. The number of hydrogen-bond acceptors (Lipinski definition) is 6. The lowest BCUT2D eigenvalue weighted by molar-refractivity contribution is -0.142. The summed E-state index contributed by atoms with van der Waals surface area (Å²) < 4.78 is 5.46. The van der Waals surface area contributed by atoms with E-state index in [0.29, 0.717) is 31.6 Å². The van der Waals surface area contributed by atoms with E-state index in [9.17, 15) is 29.1 Å². The minimum atomic E-state index is -1.39. The summed E-state index contributed by atoms with van der Waals surface area (Å²) in [6, 6.07) is 20.4. The Kier molecular flexibility index (Phi) is 11.0. The van der Waals surface area contributed by atoms with Crippen molar-refractivity contribution in [3.8, 4) is 0 Å². The van der Waals surface area contributed by atoms with Crippen molar-refractivity contribution in [1.82, 2.24) is 4.90 Å². The number of carboxylic acid groups (broad SMARTS) is 1. The van der Waals surface area contributed by atoms with Gasteiger partial charge >= 0.3 is 18.1 Å². The van der Waals surface area contributed by atoms with Crippen LogP contribution in [0.5, 0.6) is 0 Å². The molecule has 3 aromatic rings. The summed E-state index contributed by atoms with van der Waals surface area (Å²) in [5.41, 5.74) is 7.12. The Morgan fingerprint density at radius 1 is 0.936 bits per heavy atom. The first-order chi connectivity index (χ1) is 22.3. The number of piperidine rings is 1. The first-order valence-electron chi connectivity index (χ1n) is 15.5. The third-order valence-corrected chi connectivity index (χ3v) is 8.21. The van der Waals surface area contributed by atoms with Crippen LogP contribution in [0.25, 0.3) is 0 Å². The predicted molar refractivity (Wildman–Crippen MR) is 178 cm³/mol. The number of likely N-dealkylation sites (tertiary alicyclic amines) is 1. The van der Waals surface area contributed by atoms with E-state index in [-0.39, 0.29) is 23.6 Å².